The van der Waals surface area contributed by atoms with Crippen molar-refractivity contribution in [1.82, 2.24) is 0 Å². The predicted molar refractivity (Wildman–Crippen MR) is 78.6 cm³/mol. The number of benzene rings is 2. The van der Waals surface area contributed by atoms with Gasteiger partial charge in [-0.15, -0.1) is 0 Å². The molecule has 0 bridgehead atoms. The summed E-state index contributed by atoms with van der Waals surface area (Å²) in [7, 11) is 0. The van der Waals surface area contributed by atoms with Gasteiger partial charge >= 0.3 is 5.97 Å². The zero-order chi connectivity index (χ0) is 13.8. The molecule has 1 fully saturated rings. The van der Waals surface area contributed by atoms with Crippen molar-refractivity contribution in [3.05, 3.63) is 66.2 Å². The second-order valence-electron chi connectivity index (χ2n) is 5.03. The lowest BCUT2D eigenvalue weighted by Crippen LogP contribution is -2.21. The van der Waals surface area contributed by atoms with Crippen LogP contribution in [0.4, 0.5) is 5.69 Å². The van der Waals surface area contributed by atoms with E-state index in [9.17, 15) is 4.79 Å². The van der Waals surface area contributed by atoms with Gasteiger partial charge in [-0.25, -0.2) is 0 Å². The van der Waals surface area contributed by atoms with Crippen molar-refractivity contribution in [2.24, 2.45) is 5.92 Å². The van der Waals surface area contributed by atoms with E-state index in [1.165, 1.54) is 0 Å². The third-order valence-corrected chi connectivity index (χ3v) is 3.67. The molecule has 1 saturated heterocycles. The smallest absolute Gasteiger partial charge is 0.313 e. The number of anilines is 1. The number of carbonyl (C=O) groups excluding carboxylic acids is 1. The maximum absolute atomic E-state index is 11.9. The van der Waals surface area contributed by atoms with E-state index in [1.54, 1.807) is 0 Å². The Morgan fingerprint density at radius 3 is 2.35 bits per heavy atom. The molecule has 0 amide bonds. The zero-order valence-corrected chi connectivity index (χ0v) is 11.2. The molecule has 1 aliphatic rings. The molecule has 102 valence electrons. The molecular weight excluding hydrogens is 250 g/mol. The average molecular weight is 267 g/mol. The van der Waals surface area contributed by atoms with Gasteiger partial charge in [0, 0.05) is 18.2 Å². The van der Waals surface area contributed by atoms with E-state index in [-0.39, 0.29) is 17.8 Å². The van der Waals surface area contributed by atoms with Crippen molar-refractivity contribution in [3.8, 4) is 0 Å². The molecule has 3 rings (SSSR count). The number of nitrogens with one attached hydrogen (secondary N) is 1. The summed E-state index contributed by atoms with van der Waals surface area (Å²) < 4.78 is 5.24. The highest BCUT2D eigenvalue weighted by Gasteiger charge is 2.37. The highest BCUT2D eigenvalue weighted by atomic mass is 16.5. The first-order valence-electron chi connectivity index (χ1n) is 6.85. The van der Waals surface area contributed by atoms with Crippen molar-refractivity contribution >= 4 is 11.7 Å². The van der Waals surface area contributed by atoms with Crippen LogP contribution in [0, 0.1) is 5.92 Å². The van der Waals surface area contributed by atoms with Gasteiger partial charge in [0.1, 0.15) is 0 Å². The first-order valence-corrected chi connectivity index (χ1v) is 6.85. The van der Waals surface area contributed by atoms with Gasteiger partial charge in [-0.2, -0.15) is 0 Å². The molecule has 2 unspecified atom stereocenters. The number of hydrogen-bond donors (Lipinski definition) is 1. The van der Waals surface area contributed by atoms with E-state index >= 15 is 0 Å². The molecule has 1 aliphatic heterocycles. The summed E-state index contributed by atoms with van der Waals surface area (Å²) in [5.41, 5.74) is 2.11. The summed E-state index contributed by atoms with van der Waals surface area (Å²) in [6.07, 6.45) is 0. The van der Waals surface area contributed by atoms with Crippen molar-refractivity contribution in [3.63, 3.8) is 0 Å². The lowest BCUT2D eigenvalue weighted by Gasteiger charge is -2.16. The quantitative estimate of drug-likeness (QED) is 0.865. The van der Waals surface area contributed by atoms with E-state index in [0.29, 0.717) is 6.61 Å². The van der Waals surface area contributed by atoms with Crippen molar-refractivity contribution in [2.45, 2.75) is 5.92 Å². The van der Waals surface area contributed by atoms with Crippen LogP contribution in [0.5, 0.6) is 0 Å². The summed E-state index contributed by atoms with van der Waals surface area (Å²) in [4.78, 5) is 11.9. The Morgan fingerprint density at radius 2 is 1.65 bits per heavy atom. The van der Waals surface area contributed by atoms with E-state index in [2.05, 4.69) is 5.32 Å². The standard InChI is InChI=1S/C17H17NO2/c19-17-16(13-7-3-1-4-8-13)14(12-20-17)11-18-15-9-5-2-6-10-15/h1-10,14,16,18H,11-12H2. The molecule has 0 spiro atoms. The molecule has 2 aromatic carbocycles. The van der Waals surface area contributed by atoms with Crippen molar-refractivity contribution in [2.75, 3.05) is 18.5 Å². The van der Waals surface area contributed by atoms with Crippen LogP contribution in [-0.4, -0.2) is 19.1 Å². The van der Waals surface area contributed by atoms with Crippen LogP contribution in [0.25, 0.3) is 0 Å². The maximum atomic E-state index is 11.9. The number of esters is 1. The Morgan fingerprint density at radius 1 is 1.00 bits per heavy atom. The van der Waals surface area contributed by atoms with E-state index < -0.39 is 0 Å². The fourth-order valence-corrected chi connectivity index (χ4v) is 2.62. The molecule has 2 atom stereocenters. The number of cyclic esters (lactones) is 1. The van der Waals surface area contributed by atoms with Gasteiger partial charge in [0.25, 0.3) is 0 Å². The van der Waals surface area contributed by atoms with Gasteiger partial charge in [-0.1, -0.05) is 48.5 Å². The molecule has 1 heterocycles. The van der Waals surface area contributed by atoms with Crippen LogP contribution in [0.3, 0.4) is 0 Å². The van der Waals surface area contributed by atoms with Gasteiger partial charge in [0.05, 0.1) is 12.5 Å². The fraction of sp³-hybridized carbons (Fsp3) is 0.235. The fourth-order valence-electron chi connectivity index (χ4n) is 2.62. The first-order chi connectivity index (χ1) is 9.84. The summed E-state index contributed by atoms with van der Waals surface area (Å²) in [5, 5.41) is 3.37. The highest BCUT2D eigenvalue weighted by Crippen LogP contribution is 2.32. The number of rotatable bonds is 4. The lowest BCUT2D eigenvalue weighted by atomic mass is 9.88. The average Bonchev–Trinajstić information content (AvgIpc) is 2.88. The van der Waals surface area contributed by atoms with Gasteiger partial charge in [0.15, 0.2) is 0 Å². The number of ether oxygens (including phenoxy) is 1. The van der Waals surface area contributed by atoms with Crippen LogP contribution in [-0.2, 0) is 9.53 Å². The van der Waals surface area contributed by atoms with Crippen LogP contribution < -0.4 is 5.32 Å². The minimum atomic E-state index is -0.160. The van der Waals surface area contributed by atoms with Gasteiger partial charge in [0.2, 0.25) is 0 Å². The largest absolute Gasteiger partial charge is 0.465 e. The molecule has 0 saturated carbocycles. The third kappa shape index (κ3) is 2.67. The Labute approximate surface area is 118 Å². The van der Waals surface area contributed by atoms with Gasteiger partial charge in [-0.05, 0) is 17.7 Å². The Hall–Kier alpha value is -2.29. The minimum Gasteiger partial charge on any atom is -0.465 e. The summed E-state index contributed by atoms with van der Waals surface area (Å²) in [6, 6.07) is 19.9. The van der Waals surface area contributed by atoms with Crippen molar-refractivity contribution < 1.29 is 9.53 Å². The number of carbonyl (C=O) groups is 1. The highest BCUT2D eigenvalue weighted by molar-refractivity contribution is 5.80. The summed E-state index contributed by atoms with van der Waals surface area (Å²) >= 11 is 0. The van der Waals surface area contributed by atoms with Crippen molar-refractivity contribution in [1.29, 1.82) is 0 Å². The summed E-state index contributed by atoms with van der Waals surface area (Å²) in [5.74, 6) is -0.103. The van der Waals surface area contributed by atoms with E-state index in [0.717, 1.165) is 17.8 Å². The predicted octanol–water partition coefficient (Wildman–Crippen LogP) is 3.06. The number of hydrogen-bond acceptors (Lipinski definition) is 3. The van der Waals surface area contributed by atoms with Crippen LogP contribution in [0.2, 0.25) is 0 Å². The first kappa shape index (κ1) is 12.7. The molecular formula is C17H17NO2. The third-order valence-electron chi connectivity index (χ3n) is 3.67. The second kappa shape index (κ2) is 5.78. The molecule has 3 heteroatoms. The molecule has 0 aromatic heterocycles. The molecule has 20 heavy (non-hydrogen) atoms. The van der Waals surface area contributed by atoms with Crippen LogP contribution >= 0.6 is 0 Å². The van der Waals surface area contributed by atoms with Crippen LogP contribution in [0.15, 0.2) is 60.7 Å². The van der Waals surface area contributed by atoms with E-state index in [1.807, 2.05) is 60.7 Å². The molecule has 1 N–H and O–H groups in total. The zero-order valence-electron chi connectivity index (χ0n) is 11.2. The maximum Gasteiger partial charge on any atom is 0.313 e. The molecule has 0 radical (unpaired) electrons. The Kier molecular flexibility index (Phi) is 3.68. The molecule has 2 aromatic rings. The Bertz CT molecular complexity index is 568. The lowest BCUT2D eigenvalue weighted by molar-refractivity contribution is -0.139. The van der Waals surface area contributed by atoms with Gasteiger partial charge in [-0.3, -0.25) is 4.79 Å². The van der Waals surface area contributed by atoms with E-state index in [4.69, 9.17) is 4.74 Å². The molecule has 0 aliphatic carbocycles. The normalized spacial score (nSPS) is 21.5. The number of para-hydroxylation sites is 1. The molecule has 3 nitrogen and oxygen atoms in total. The topological polar surface area (TPSA) is 38.3 Å². The SMILES string of the molecule is O=C1OCC(CNc2ccccc2)C1c1ccccc1. The second-order valence-corrected chi connectivity index (χ2v) is 5.03. The van der Waals surface area contributed by atoms with Gasteiger partial charge < -0.3 is 10.1 Å². The van der Waals surface area contributed by atoms with Crippen LogP contribution in [0.1, 0.15) is 11.5 Å². The Balaban J connectivity index is 1.71. The monoisotopic (exact) mass is 267 g/mol. The minimum absolute atomic E-state index is 0.115. The summed E-state index contributed by atoms with van der Waals surface area (Å²) in [6.45, 7) is 1.22.